The Kier molecular flexibility index (Phi) is 4.79. The Morgan fingerprint density at radius 1 is 1.43 bits per heavy atom. The molecule has 4 nitrogen and oxygen atoms in total. The lowest BCUT2D eigenvalue weighted by Gasteiger charge is -2.38. The lowest BCUT2D eigenvalue weighted by molar-refractivity contribution is -0.121. The van der Waals surface area contributed by atoms with Crippen LogP contribution in [0.5, 0.6) is 0 Å². The summed E-state index contributed by atoms with van der Waals surface area (Å²) >= 11 is 6.24. The van der Waals surface area contributed by atoms with Crippen LogP contribution < -0.4 is 15.5 Å². The summed E-state index contributed by atoms with van der Waals surface area (Å²) in [5.74, 6) is 0.00775. The Balaban J connectivity index is 2.11. The molecule has 21 heavy (non-hydrogen) atoms. The highest BCUT2D eigenvalue weighted by Crippen LogP contribution is 2.32. The number of hydrogen-bond acceptors (Lipinski definition) is 3. The van der Waals surface area contributed by atoms with Gasteiger partial charge in [0.05, 0.1) is 16.8 Å². The van der Waals surface area contributed by atoms with Crippen molar-refractivity contribution in [2.45, 2.75) is 32.7 Å². The maximum Gasteiger partial charge on any atom is 0.242 e. The molecule has 1 saturated heterocycles. The minimum Gasteiger partial charge on any atom is -0.376 e. The van der Waals surface area contributed by atoms with E-state index >= 15 is 0 Å². The fourth-order valence-electron chi connectivity index (χ4n) is 2.82. The molecule has 0 radical (unpaired) electrons. The lowest BCUT2D eigenvalue weighted by Crippen LogP contribution is -2.53. The molecule has 116 valence electrons. The normalized spacial score (nSPS) is 20.9. The molecule has 1 aromatic rings. The van der Waals surface area contributed by atoms with E-state index in [1.54, 1.807) is 6.07 Å². The average molecular weight is 310 g/mol. The molecule has 1 aliphatic heterocycles. The molecule has 1 aliphatic rings. The molecule has 1 heterocycles. The highest BCUT2D eigenvalue weighted by molar-refractivity contribution is 6.33. The van der Waals surface area contributed by atoms with Crippen LogP contribution in [0.15, 0.2) is 18.2 Å². The third-order valence-corrected chi connectivity index (χ3v) is 4.39. The van der Waals surface area contributed by atoms with Crippen molar-refractivity contribution >= 4 is 28.9 Å². The van der Waals surface area contributed by atoms with E-state index in [1.165, 1.54) is 0 Å². The Labute approximate surface area is 131 Å². The van der Waals surface area contributed by atoms with E-state index in [4.69, 9.17) is 11.6 Å². The van der Waals surface area contributed by atoms with Gasteiger partial charge in [0, 0.05) is 19.8 Å². The summed E-state index contributed by atoms with van der Waals surface area (Å²) in [6.45, 7) is 5.15. The van der Waals surface area contributed by atoms with Gasteiger partial charge in [-0.1, -0.05) is 25.4 Å². The predicted octanol–water partition coefficient (Wildman–Crippen LogP) is 3.12. The molecular formula is C16H24ClN3O. The van der Waals surface area contributed by atoms with Crippen molar-refractivity contribution in [2.24, 2.45) is 5.41 Å². The molecule has 1 aromatic carbocycles. The second kappa shape index (κ2) is 6.24. The van der Waals surface area contributed by atoms with Crippen molar-refractivity contribution in [1.82, 2.24) is 5.32 Å². The highest BCUT2D eigenvalue weighted by Gasteiger charge is 2.37. The molecule has 2 rings (SSSR count). The van der Waals surface area contributed by atoms with Crippen LogP contribution in [0.4, 0.5) is 11.4 Å². The minimum atomic E-state index is -0.168. The summed E-state index contributed by atoms with van der Waals surface area (Å²) in [5.41, 5.74) is 1.64. The number of hydrogen-bond donors (Lipinski definition) is 2. The van der Waals surface area contributed by atoms with Gasteiger partial charge in [-0.15, -0.1) is 0 Å². The fraction of sp³-hybridized carbons (Fsp3) is 0.562. The van der Waals surface area contributed by atoms with Crippen LogP contribution in [0.1, 0.15) is 26.7 Å². The number of piperidine rings is 1. The largest absolute Gasteiger partial charge is 0.376 e. The number of nitrogens with one attached hydrogen (secondary N) is 2. The van der Waals surface area contributed by atoms with Gasteiger partial charge in [0.2, 0.25) is 5.91 Å². The van der Waals surface area contributed by atoms with Gasteiger partial charge in [0.15, 0.2) is 0 Å². The fourth-order valence-corrected chi connectivity index (χ4v) is 3.17. The van der Waals surface area contributed by atoms with Gasteiger partial charge in [-0.3, -0.25) is 4.79 Å². The third kappa shape index (κ3) is 3.69. The molecular weight excluding hydrogens is 286 g/mol. The molecule has 0 aromatic heterocycles. The molecule has 1 atom stereocenters. The number of carbonyl (C=O) groups excluding carboxylic acids is 1. The average Bonchev–Trinajstić information content (AvgIpc) is 2.37. The van der Waals surface area contributed by atoms with Gasteiger partial charge in [-0.2, -0.15) is 0 Å². The zero-order valence-corrected chi connectivity index (χ0v) is 13.9. The molecule has 0 saturated carbocycles. The standard InChI is InChI=1S/C16H24ClN3O/c1-16(2)8-5-9-18-14(16)15(21)19-11-6-7-13(20(3)4)12(17)10-11/h6-7,10,14,18H,5,8-9H2,1-4H3,(H,19,21). The van der Waals surface area contributed by atoms with E-state index in [9.17, 15) is 4.79 Å². The third-order valence-electron chi connectivity index (χ3n) is 4.09. The van der Waals surface area contributed by atoms with Gasteiger partial charge >= 0.3 is 0 Å². The highest BCUT2D eigenvalue weighted by atomic mass is 35.5. The van der Waals surface area contributed by atoms with E-state index in [1.807, 2.05) is 31.1 Å². The van der Waals surface area contributed by atoms with Gasteiger partial charge in [0.1, 0.15) is 0 Å². The zero-order chi connectivity index (χ0) is 15.6. The molecule has 0 aliphatic carbocycles. The minimum absolute atomic E-state index is 0.00775. The summed E-state index contributed by atoms with van der Waals surface area (Å²) in [6, 6.07) is 5.43. The van der Waals surface area contributed by atoms with E-state index < -0.39 is 0 Å². The molecule has 0 spiro atoms. The number of carbonyl (C=O) groups is 1. The van der Waals surface area contributed by atoms with Crippen molar-refractivity contribution in [3.05, 3.63) is 23.2 Å². The van der Waals surface area contributed by atoms with E-state index in [0.717, 1.165) is 30.8 Å². The number of halogens is 1. The maximum absolute atomic E-state index is 12.5. The van der Waals surface area contributed by atoms with Crippen LogP contribution in [0.3, 0.4) is 0 Å². The molecule has 2 N–H and O–H groups in total. The summed E-state index contributed by atoms with van der Waals surface area (Å²) in [6.07, 6.45) is 2.17. The summed E-state index contributed by atoms with van der Waals surface area (Å²) in [7, 11) is 3.88. The summed E-state index contributed by atoms with van der Waals surface area (Å²) in [5, 5.41) is 6.92. The Bertz CT molecular complexity index is 528. The maximum atomic E-state index is 12.5. The summed E-state index contributed by atoms with van der Waals surface area (Å²) in [4.78, 5) is 14.4. The van der Waals surface area contributed by atoms with Crippen LogP contribution in [-0.4, -0.2) is 32.6 Å². The SMILES string of the molecule is CN(C)c1ccc(NC(=O)C2NCCCC2(C)C)cc1Cl. The lowest BCUT2D eigenvalue weighted by atomic mass is 9.77. The van der Waals surface area contributed by atoms with E-state index in [2.05, 4.69) is 24.5 Å². The van der Waals surface area contributed by atoms with E-state index in [0.29, 0.717) is 5.02 Å². The van der Waals surface area contributed by atoms with Crippen LogP contribution in [0, 0.1) is 5.41 Å². The topological polar surface area (TPSA) is 44.4 Å². The molecule has 5 heteroatoms. The predicted molar refractivity (Wildman–Crippen MR) is 89.2 cm³/mol. The number of anilines is 2. The molecule has 1 fully saturated rings. The Morgan fingerprint density at radius 3 is 2.71 bits per heavy atom. The van der Waals surface area contributed by atoms with Crippen LogP contribution in [0.2, 0.25) is 5.02 Å². The van der Waals surface area contributed by atoms with Crippen molar-refractivity contribution in [3.8, 4) is 0 Å². The molecule has 0 bridgehead atoms. The molecule has 1 amide bonds. The van der Waals surface area contributed by atoms with Gasteiger partial charge in [0.25, 0.3) is 0 Å². The first-order chi connectivity index (χ1) is 9.81. The van der Waals surface area contributed by atoms with Crippen LogP contribution >= 0.6 is 11.6 Å². The number of amides is 1. The van der Waals surface area contributed by atoms with Crippen molar-refractivity contribution < 1.29 is 4.79 Å². The second-order valence-electron chi connectivity index (χ2n) is 6.53. The smallest absolute Gasteiger partial charge is 0.242 e. The van der Waals surface area contributed by atoms with Crippen molar-refractivity contribution in [3.63, 3.8) is 0 Å². The zero-order valence-electron chi connectivity index (χ0n) is 13.2. The number of benzene rings is 1. The second-order valence-corrected chi connectivity index (χ2v) is 6.94. The Morgan fingerprint density at radius 2 is 2.14 bits per heavy atom. The first-order valence-corrected chi connectivity index (χ1v) is 7.70. The molecule has 1 unspecified atom stereocenters. The first kappa shape index (κ1) is 16.1. The van der Waals surface area contributed by atoms with Crippen LogP contribution in [-0.2, 0) is 4.79 Å². The number of nitrogens with zero attached hydrogens (tertiary/aromatic N) is 1. The first-order valence-electron chi connectivity index (χ1n) is 7.32. The Hall–Kier alpha value is -1.26. The van der Waals surface area contributed by atoms with Crippen molar-refractivity contribution in [1.29, 1.82) is 0 Å². The van der Waals surface area contributed by atoms with Crippen LogP contribution in [0.25, 0.3) is 0 Å². The van der Waals surface area contributed by atoms with Crippen molar-refractivity contribution in [2.75, 3.05) is 30.9 Å². The van der Waals surface area contributed by atoms with E-state index in [-0.39, 0.29) is 17.4 Å². The quantitative estimate of drug-likeness (QED) is 0.901. The monoisotopic (exact) mass is 309 g/mol. The number of rotatable bonds is 3. The van der Waals surface area contributed by atoms with Gasteiger partial charge in [-0.05, 0) is 43.0 Å². The summed E-state index contributed by atoms with van der Waals surface area (Å²) < 4.78 is 0. The van der Waals surface area contributed by atoms with Gasteiger partial charge in [-0.25, -0.2) is 0 Å². The van der Waals surface area contributed by atoms with Gasteiger partial charge < -0.3 is 15.5 Å².